The topological polar surface area (TPSA) is 52.6 Å². The van der Waals surface area contributed by atoms with E-state index in [1.165, 1.54) is 0 Å². The van der Waals surface area contributed by atoms with Crippen molar-refractivity contribution in [1.82, 2.24) is 0 Å². The van der Waals surface area contributed by atoms with E-state index in [0.29, 0.717) is 25.4 Å². The summed E-state index contributed by atoms with van der Waals surface area (Å²) in [5, 5.41) is 0. The Hall–Kier alpha value is -0.550. The largest absolute Gasteiger partial charge is 0.387 e. The van der Waals surface area contributed by atoms with Crippen LogP contribution in [0, 0.1) is 0 Å². The van der Waals surface area contributed by atoms with Gasteiger partial charge in [-0.1, -0.05) is 0 Å². The van der Waals surface area contributed by atoms with Crippen molar-refractivity contribution in [3.05, 3.63) is 11.8 Å². The van der Waals surface area contributed by atoms with Crippen LogP contribution in [0.2, 0.25) is 0 Å². The Balaban J connectivity index is 2.56. The molecule has 5 heteroatoms. The first-order valence-corrected chi connectivity index (χ1v) is 5.41. The lowest BCUT2D eigenvalue weighted by Crippen LogP contribution is -2.13. The molecule has 0 unspecified atom stereocenters. The molecule has 1 aliphatic rings. The van der Waals surface area contributed by atoms with Gasteiger partial charge in [-0.05, 0) is 13.0 Å². The lowest BCUT2D eigenvalue weighted by atomic mass is 10.3. The van der Waals surface area contributed by atoms with Crippen molar-refractivity contribution in [3.8, 4) is 0 Å². The van der Waals surface area contributed by atoms with Crippen molar-refractivity contribution in [3.63, 3.8) is 0 Å². The van der Waals surface area contributed by atoms with Crippen molar-refractivity contribution < 1.29 is 17.3 Å². The molecule has 0 aliphatic carbocycles. The average Bonchev–Trinajstić information content (AvgIpc) is 2.06. The molecule has 0 aromatic carbocycles. The summed E-state index contributed by atoms with van der Waals surface area (Å²) >= 11 is 0. The van der Waals surface area contributed by atoms with Crippen LogP contribution in [0.1, 0.15) is 13.3 Å². The summed E-state index contributed by atoms with van der Waals surface area (Å²) in [5.74, 6) is 0.508. The molecule has 1 aliphatic heterocycles. The minimum atomic E-state index is -3.34. The van der Waals surface area contributed by atoms with E-state index in [2.05, 4.69) is 0 Å². The number of hydrogen-bond acceptors (Lipinski definition) is 4. The summed E-state index contributed by atoms with van der Waals surface area (Å²) in [6, 6.07) is 0. The average molecular weight is 192 g/mol. The Morgan fingerprint density at radius 1 is 1.67 bits per heavy atom. The molecule has 0 radical (unpaired) electrons. The van der Waals surface area contributed by atoms with E-state index in [1.807, 2.05) is 0 Å². The van der Waals surface area contributed by atoms with E-state index in [4.69, 9.17) is 8.92 Å². The molecule has 0 saturated heterocycles. The molecule has 0 fully saturated rings. The molecule has 0 spiro atoms. The van der Waals surface area contributed by atoms with Gasteiger partial charge in [-0.15, -0.1) is 0 Å². The number of hydrogen-bond donors (Lipinski definition) is 0. The normalized spacial score (nSPS) is 18.6. The summed E-state index contributed by atoms with van der Waals surface area (Å²) in [6.07, 6.45) is 2.19. The van der Waals surface area contributed by atoms with E-state index in [-0.39, 0.29) is 5.75 Å². The molecular formula is C7H12O4S. The minimum absolute atomic E-state index is 0.00516. The smallest absolute Gasteiger partial charge is 0.308 e. The summed E-state index contributed by atoms with van der Waals surface area (Å²) in [4.78, 5) is 0. The first-order valence-electron chi connectivity index (χ1n) is 3.83. The zero-order chi connectivity index (χ0) is 9.03. The maximum atomic E-state index is 11.0. The van der Waals surface area contributed by atoms with Gasteiger partial charge in [0.1, 0.15) is 5.76 Å². The predicted octanol–water partition coefficient (Wildman–Crippen LogP) is 0.657. The van der Waals surface area contributed by atoms with Gasteiger partial charge >= 0.3 is 10.1 Å². The molecule has 70 valence electrons. The van der Waals surface area contributed by atoms with E-state index in [9.17, 15) is 8.42 Å². The second-order valence-electron chi connectivity index (χ2n) is 2.43. The van der Waals surface area contributed by atoms with Crippen LogP contribution in [0.25, 0.3) is 0 Å². The molecule has 0 N–H and O–H groups in total. The highest BCUT2D eigenvalue weighted by atomic mass is 32.2. The van der Waals surface area contributed by atoms with Crippen LogP contribution >= 0.6 is 0 Å². The Bertz CT molecular complexity index is 265. The first-order chi connectivity index (χ1) is 5.64. The van der Waals surface area contributed by atoms with Crippen molar-refractivity contribution in [2.75, 3.05) is 19.0 Å². The van der Waals surface area contributed by atoms with Crippen LogP contribution < -0.4 is 0 Å². The molecular weight excluding hydrogens is 180 g/mol. The van der Waals surface area contributed by atoms with Gasteiger partial charge in [0, 0.05) is 6.42 Å². The summed E-state index contributed by atoms with van der Waals surface area (Å²) in [5.41, 5.74) is 0. The Kier molecular flexibility index (Phi) is 3.11. The summed E-state index contributed by atoms with van der Waals surface area (Å²) < 4.78 is 31.7. The fraction of sp³-hybridized carbons (Fsp3) is 0.714. The van der Waals surface area contributed by atoms with E-state index in [0.717, 1.165) is 0 Å². The van der Waals surface area contributed by atoms with Gasteiger partial charge in [0.2, 0.25) is 0 Å². The molecule has 1 heterocycles. The third-order valence-corrected chi connectivity index (χ3v) is 2.68. The van der Waals surface area contributed by atoms with E-state index in [1.54, 1.807) is 13.0 Å². The van der Waals surface area contributed by atoms with Crippen molar-refractivity contribution >= 4 is 10.1 Å². The molecule has 0 amide bonds. The molecule has 12 heavy (non-hydrogen) atoms. The van der Waals surface area contributed by atoms with Crippen LogP contribution in [0.5, 0.6) is 0 Å². The monoisotopic (exact) mass is 192 g/mol. The van der Waals surface area contributed by atoms with Crippen LogP contribution in [0.3, 0.4) is 0 Å². The zero-order valence-corrected chi connectivity index (χ0v) is 7.76. The van der Waals surface area contributed by atoms with Gasteiger partial charge in [0.15, 0.2) is 0 Å². The lowest BCUT2D eigenvalue weighted by Gasteiger charge is -2.13. The minimum Gasteiger partial charge on any atom is -0.387 e. The van der Waals surface area contributed by atoms with E-state index < -0.39 is 10.1 Å². The molecule has 4 nitrogen and oxygen atoms in total. The van der Waals surface area contributed by atoms with Crippen molar-refractivity contribution in [2.24, 2.45) is 0 Å². The number of ether oxygens (including phenoxy) is 1. The van der Waals surface area contributed by atoms with Crippen LogP contribution in [0.4, 0.5) is 0 Å². The van der Waals surface area contributed by atoms with Gasteiger partial charge in [-0.3, -0.25) is 0 Å². The van der Waals surface area contributed by atoms with Gasteiger partial charge < -0.3 is 8.92 Å². The quantitative estimate of drug-likeness (QED) is 0.616. The molecule has 0 aromatic heterocycles. The first kappa shape index (κ1) is 9.54. The molecule has 0 atom stereocenters. The number of rotatable bonds is 3. The van der Waals surface area contributed by atoms with Crippen LogP contribution in [0.15, 0.2) is 11.8 Å². The second kappa shape index (κ2) is 3.91. The SMILES string of the molecule is CCS(=O)(=O)OC1=CCOCC1. The third-order valence-electron chi connectivity index (χ3n) is 1.51. The summed E-state index contributed by atoms with van der Waals surface area (Å²) in [7, 11) is -3.34. The maximum absolute atomic E-state index is 11.0. The van der Waals surface area contributed by atoms with Gasteiger partial charge in [-0.2, -0.15) is 8.42 Å². The van der Waals surface area contributed by atoms with Gasteiger partial charge in [0.05, 0.1) is 19.0 Å². The zero-order valence-electron chi connectivity index (χ0n) is 6.95. The molecule has 0 saturated carbocycles. The molecule has 0 aromatic rings. The molecule has 0 bridgehead atoms. The maximum Gasteiger partial charge on any atom is 0.308 e. The highest BCUT2D eigenvalue weighted by Crippen LogP contribution is 2.12. The fourth-order valence-corrected chi connectivity index (χ4v) is 1.40. The van der Waals surface area contributed by atoms with Crippen molar-refractivity contribution in [1.29, 1.82) is 0 Å². The lowest BCUT2D eigenvalue weighted by molar-refractivity contribution is 0.140. The van der Waals surface area contributed by atoms with E-state index >= 15 is 0 Å². The molecule has 1 rings (SSSR count). The van der Waals surface area contributed by atoms with Crippen LogP contribution in [-0.4, -0.2) is 27.4 Å². The highest BCUT2D eigenvalue weighted by molar-refractivity contribution is 7.86. The Labute approximate surface area is 72.3 Å². The standard InChI is InChI=1S/C7H12O4S/c1-2-12(8,9)11-7-3-5-10-6-4-7/h3H,2,4-6H2,1H3. The van der Waals surface area contributed by atoms with Crippen LogP contribution in [-0.2, 0) is 19.0 Å². The summed E-state index contributed by atoms with van der Waals surface area (Å²) in [6.45, 7) is 2.52. The van der Waals surface area contributed by atoms with Crippen molar-refractivity contribution in [2.45, 2.75) is 13.3 Å². The second-order valence-corrected chi connectivity index (χ2v) is 4.28. The fourth-order valence-electron chi connectivity index (χ4n) is 0.808. The predicted molar refractivity (Wildman–Crippen MR) is 44.1 cm³/mol. The third kappa shape index (κ3) is 2.83. The Morgan fingerprint density at radius 2 is 2.42 bits per heavy atom. The highest BCUT2D eigenvalue weighted by Gasteiger charge is 2.13. The van der Waals surface area contributed by atoms with Gasteiger partial charge in [-0.25, -0.2) is 0 Å². The Morgan fingerprint density at radius 3 is 2.92 bits per heavy atom. The van der Waals surface area contributed by atoms with Gasteiger partial charge in [0.25, 0.3) is 0 Å².